The van der Waals surface area contributed by atoms with Crippen LogP contribution in [0.3, 0.4) is 0 Å². The Kier molecular flexibility index (Phi) is 3.78. The summed E-state index contributed by atoms with van der Waals surface area (Å²) < 4.78 is 12.1. The van der Waals surface area contributed by atoms with E-state index in [9.17, 15) is 5.11 Å². The first-order chi connectivity index (χ1) is 10.7. The number of tetrazole rings is 1. The Morgan fingerprint density at radius 1 is 1.13 bits per heavy atom. The molecule has 1 aliphatic rings. The summed E-state index contributed by atoms with van der Waals surface area (Å²) in [5.41, 5.74) is 1.11. The van der Waals surface area contributed by atoms with Gasteiger partial charge in [-0.25, -0.2) is 0 Å². The number of hydrogen-bond donors (Lipinski definition) is 1. The van der Waals surface area contributed by atoms with Gasteiger partial charge in [-0.1, -0.05) is 16.9 Å². The van der Waals surface area contributed by atoms with Crippen molar-refractivity contribution in [3.05, 3.63) is 24.3 Å². The first kappa shape index (κ1) is 16.1. The normalized spacial score (nSPS) is 19.3. The summed E-state index contributed by atoms with van der Waals surface area (Å²) in [4.78, 5) is 2.87. The lowest BCUT2D eigenvalue weighted by molar-refractivity contribution is -0.811. The molecule has 0 aliphatic carbocycles. The van der Waals surface area contributed by atoms with Gasteiger partial charge in [-0.05, 0) is 50.4 Å². The summed E-state index contributed by atoms with van der Waals surface area (Å²) in [5, 5.41) is 17.7. The lowest BCUT2D eigenvalue weighted by atomic mass is 9.79. The number of nitrogens with zero attached hydrogens (tertiary/aromatic N) is 4. The van der Waals surface area contributed by atoms with Gasteiger partial charge in [0.1, 0.15) is 7.05 Å². The molecule has 1 aromatic carbocycles. The van der Waals surface area contributed by atoms with Crippen LogP contribution < -0.4 is 10.3 Å². The quantitative estimate of drug-likeness (QED) is 0.638. The Hall–Kier alpha value is -1.77. The molecule has 1 N–H and O–H groups in total. The molecule has 0 atom stereocenters. The maximum Gasteiger partial charge on any atom is 0.494 e. The van der Waals surface area contributed by atoms with E-state index in [1.807, 2.05) is 52.0 Å². The van der Waals surface area contributed by atoms with Gasteiger partial charge >= 0.3 is 12.9 Å². The van der Waals surface area contributed by atoms with Gasteiger partial charge in [-0.2, -0.15) is 0 Å². The lowest BCUT2D eigenvalue weighted by Crippen LogP contribution is -2.42. The van der Waals surface area contributed by atoms with E-state index >= 15 is 0 Å². The van der Waals surface area contributed by atoms with Crippen LogP contribution in [0.5, 0.6) is 0 Å². The summed E-state index contributed by atoms with van der Waals surface area (Å²) in [5.74, 6) is 0.557. The molecule has 1 aromatic heterocycles. The zero-order valence-electron chi connectivity index (χ0n) is 14.1. The standard InChI is InChI=1S/C15H22BN4O3/c1-14(2)15(3,4)23-16(22-14)12-8-6-11(7-9-12)13-17-19(5)20(10-21)18-13/h6-9,21H,10H2,1-5H3/q+1. The molecule has 1 saturated heterocycles. The molecule has 8 heteroatoms. The number of aliphatic hydroxyl groups excluding tert-OH is 1. The van der Waals surface area contributed by atoms with Crippen molar-refractivity contribution in [1.29, 1.82) is 0 Å². The summed E-state index contributed by atoms with van der Waals surface area (Å²) in [7, 11) is 1.35. The van der Waals surface area contributed by atoms with Crippen LogP contribution in [-0.2, 0) is 23.1 Å². The molecule has 1 fully saturated rings. The Morgan fingerprint density at radius 3 is 2.17 bits per heavy atom. The smallest absolute Gasteiger partial charge is 0.399 e. The highest BCUT2D eigenvalue weighted by Crippen LogP contribution is 2.36. The number of aromatic nitrogens is 4. The molecule has 0 saturated carbocycles. The predicted octanol–water partition coefficient (Wildman–Crippen LogP) is 0.0186. The average molecular weight is 317 g/mol. The Labute approximate surface area is 136 Å². The van der Waals surface area contributed by atoms with Crippen molar-refractivity contribution in [1.82, 2.24) is 15.0 Å². The van der Waals surface area contributed by atoms with E-state index in [1.54, 1.807) is 7.05 Å². The van der Waals surface area contributed by atoms with Crippen LogP contribution in [-0.4, -0.2) is 38.4 Å². The van der Waals surface area contributed by atoms with E-state index < -0.39 is 0 Å². The van der Waals surface area contributed by atoms with Gasteiger partial charge in [0.2, 0.25) is 0 Å². The van der Waals surface area contributed by atoms with Crippen molar-refractivity contribution in [2.24, 2.45) is 7.05 Å². The number of aliphatic hydroxyl groups is 1. The van der Waals surface area contributed by atoms with E-state index in [1.165, 1.54) is 9.59 Å². The first-order valence-corrected chi connectivity index (χ1v) is 7.62. The van der Waals surface area contributed by atoms with Crippen molar-refractivity contribution < 1.29 is 19.2 Å². The molecular formula is C15H22BN4O3+. The third-order valence-corrected chi connectivity index (χ3v) is 4.60. The second-order valence-electron chi connectivity index (χ2n) is 6.74. The van der Waals surface area contributed by atoms with Gasteiger partial charge in [0.25, 0.3) is 0 Å². The van der Waals surface area contributed by atoms with Crippen LogP contribution in [0.25, 0.3) is 11.4 Å². The summed E-state index contributed by atoms with van der Waals surface area (Å²) in [6.45, 7) is 7.93. The molecule has 122 valence electrons. The Morgan fingerprint density at radius 2 is 1.70 bits per heavy atom. The highest BCUT2D eigenvalue weighted by molar-refractivity contribution is 6.62. The van der Waals surface area contributed by atoms with Crippen LogP contribution in [0.2, 0.25) is 0 Å². The van der Waals surface area contributed by atoms with Gasteiger partial charge in [0.05, 0.1) is 21.9 Å². The molecule has 0 amide bonds. The minimum Gasteiger partial charge on any atom is -0.399 e. The van der Waals surface area contributed by atoms with Crippen molar-refractivity contribution in [2.45, 2.75) is 45.6 Å². The monoisotopic (exact) mass is 317 g/mol. The fourth-order valence-electron chi connectivity index (χ4n) is 2.39. The lowest BCUT2D eigenvalue weighted by Gasteiger charge is -2.32. The average Bonchev–Trinajstić information content (AvgIpc) is 2.96. The summed E-state index contributed by atoms with van der Waals surface area (Å²) in [6.07, 6.45) is 0. The van der Waals surface area contributed by atoms with Crippen molar-refractivity contribution in [2.75, 3.05) is 0 Å². The molecule has 23 heavy (non-hydrogen) atoms. The van der Waals surface area contributed by atoms with Crippen LogP contribution in [0, 0.1) is 0 Å². The Bertz CT molecular complexity index is 696. The molecule has 2 aromatic rings. The van der Waals surface area contributed by atoms with Gasteiger partial charge in [-0.15, -0.1) is 0 Å². The van der Waals surface area contributed by atoms with Crippen LogP contribution >= 0.6 is 0 Å². The zero-order valence-corrected chi connectivity index (χ0v) is 14.1. The maximum atomic E-state index is 9.17. The fourth-order valence-corrected chi connectivity index (χ4v) is 2.39. The van der Waals surface area contributed by atoms with E-state index in [0.717, 1.165) is 11.0 Å². The van der Waals surface area contributed by atoms with Crippen LogP contribution in [0.1, 0.15) is 27.7 Å². The molecule has 0 unspecified atom stereocenters. The van der Waals surface area contributed by atoms with Gasteiger partial charge in [0.15, 0.2) is 6.73 Å². The number of rotatable bonds is 3. The molecule has 0 spiro atoms. The first-order valence-electron chi connectivity index (χ1n) is 7.62. The fraction of sp³-hybridized carbons (Fsp3) is 0.533. The number of hydrogen-bond acceptors (Lipinski definition) is 5. The predicted molar refractivity (Wildman–Crippen MR) is 84.6 cm³/mol. The zero-order chi connectivity index (χ0) is 16.8. The molecule has 0 radical (unpaired) electrons. The minimum absolute atomic E-state index is 0.213. The summed E-state index contributed by atoms with van der Waals surface area (Å²) >= 11 is 0. The van der Waals surface area contributed by atoms with Crippen molar-refractivity contribution >= 4 is 12.6 Å². The highest BCUT2D eigenvalue weighted by Gasteiger charge is 2.51. The third-order valence-electron chi connectivity index (χ3n) is 4.60. The number of benzene rings is 1. The van der Waals surface area contributed by atoms with E-state index in [2.05, 4.69) is 10.2 Å². The van der Waals surface area contributed by atoms with E-state index in [-0.39, 0.29) is 25.1 Å². The van der Waals surface area contributed by atoms with E-state index in [0.29, 0.717) is 5.82 Å². The van der Waals surface area contributed by atoms with Crippen molar-refractivity contribution in [3.8, 4) is 11.4 Å². The highest BCUT2D eigenvalue weighted by atomic mass is 16.7. The molecule has 2 heterocycles. The molecular weight excluding hydrogens is 295 g/mol. The minimum atomic E-state index is -0.381. The van der Waals surface area contributed by atoms with Gasteiger partial charge in [0, 0.05) is 4.80 Å². The molecule has 7 nitrogen and oxygen atoms in total. The van der Waals surface area contributed by atoms with E-state index in [4.69, 9.17) is 9.31 Å². The van der Waals surface area contributed by atoms with Crippen molar-refractivity contribution in [3.63, 3.8) is 0 Å². The van der Waals surface area contributed by atoms with Crippen LogP contribution in [0.4, 0.5) is 0 Å². The van der Waals surface area contributed by atoms with Crippen LogP contribution in [0.15, 0.2) is 24.3 Å². The summed E-state index contributed by atoms with van der Waals surface area (Å²) in [6, 6.07) is 7.77. The van der Waals surface area contributed by atoms with Gasteiger partial charge < -0.3 is 14.4 Å². The molecule has 1 aliphatic heterocycles. The molecule has 0 bridgehead atoms. The Balaban J connectivity index is 1.83. The van der Waals surface area contributed by atoms with Gasteiger partial charge in [-0.3, -0.25) is 0 Å². The maximum absolute atomic E-state index is 9.17. The topological polar surface area (TPSA) is 73.3 Å². The SMILES string of the molecule is C[n+]1nc(-c2ccc(B3OC(C)(C)C(C)(C)O3)cc2)nn1CO. The largest absolute Gasteiger partial charge is 0.494 e. The molecule has 3 rings (SSSR count). The number of aryl methyl sites for hydroxylation is 1. The second kappa shape index (κ2) is 5.40. The third kappa shape index (κ3) is 2.78. The second-order valence-corrected chi connectivity index (χ2v) is 6.74.